The standard InChI is InChI=1S/C13H14N4O2S/c14-11-8-10(6-7-12(11)17-13(15)16)20(18,19)9-4-2-1-3-5-9/h1-8H,14H2,(H4,15,16,17). The van der Waals surface area contributed by atoms with E-state index in [2.05, 4.69) is 5.32 Å². The van der Waals surface area contributed by atoms with E-state index in [9.17, 15) is 8.42 Å². The summed E-state index contributed by atoms with van der Waals surface area (Å²) < 4.78 is 24.8. The van der Waals surface area contributed by atoms with Crippen LogP contribution in [-0.4, -0.2) is 14.4 Å². The summed E-state index contributed by atoms with van der Waals surface area (Å²) >= 11 is 0. The maximum Gasteiger partial charge on any atom is 0.206 e. The molecule has 7 heteroatoms. The lowest BCUT2D eigenvalue weighted by atomic mass is 10.3. The van der Waals surface area contributed by atoms with Crippen LogP contribution in [0.4, 0.5) is 11.4 Å². The van der Waals surface area contributed by atoms with Crippen LogP contribution in [0.3, 0.4) is 0 Å². The number of anilines is 2. The van der Waals surface area contributed by atoms with Gasteiger partial charge in [-0.25, -0.2) is 8.42 Å². The quantitative estimate of drug-likeness (QED) is 0.387. The number of rotatable bonds is 3. The third-order valence-electron chi connectivity index (χ3n) is 2.66. The molecule has 0 aliphatic rings. The number of hydrogen-bond acceptors (Lipinski definition) is 4. The molecule has 0 aromatic heterocycles. The summed E-state index contributed by atoms with van der Waals surface area (Å²) in [7, 11) is -3.60. The lowest BCUT2D eigenvalue weighted by Gasteiger charge is -2.10. The minimum Gasteiger partial charge on any atom is -0.397 e. The molecule has 20 heavy (non-hydrogen) atoms. The lowest BCUT2D eigenvalue weighted by Crippen LogP contribution is -2.21. The summed E-state index contributed by atoms with van der Waals surface area (Å²) in [4.78, 5) is 0.293. The van der Waals surface area contributed by atoms with E-state index in [1.165, 1.54) is 30.3 Å². The molecule has 6 N–H and O–H groups in total. The molecule has 0 fully saturated rings. The van der Waals surface area contributed by atoms with E-state index >= 15 is 0 Å². The van der Waals surface area contributed by atoms with E-state index < -0.39 is 9.84 Å². The second-order valence-electron chi connectivity index (χ2n) is 4.10. The summed E-state index contributed by atoms with van der Waals surface area (Å²) in [5, 5.41) is 9.67. The second-order valence-corrected chi connectivity index (χ2v) is 6.05. The van der Waals surface area contributed by atoms with Gasteiger partial charge in [-0.2, -0.15) is 0 Å². The van der Waals surface area contributed by atoms with Gasteiger partial charge in [0.15, 0.2) is 5.96 Å². The average Bonchev–Trinajstić information content (AvgIpc) is 2.41. The van der Waals surface area contributed by atoms with Crippen LogP contribution >= 0.6 is 0 Å². The highest BCUT2D eigenvalue weighted by atomic mass is 32.2. The summed E-state index contributed by atoms with van der Waals surface area (Å²) in [6.07, 6.45) is 0. The fourth-order valence-corrected chi connectivity index (χ4v) is 3.02. The van der Waals surface area contributed by atoms with E-state index in [1.54, 1.807) is 18.2 Å². The van der Waals surface area contributed by atoms with Crippen molar-refractivity contribution in [3.05, 3.63) is 48.5 Å². The number of nitrogen functional groups attached to an aromatic ring is 1. The van der Waals surface area contributed by atoms with Crippen molar-refractivity contribution in [1.82, 2.24) is 0 Å². The van der Waals surface area contributed by atoms with E-state index in [-0.39, 0.29) is 21.4 Å². The first kappa shape index (κ1) is 13.9. The maximum atomic E-state index is 12.4. The maximum absolute atomic E-state index is 12.4. The molecule has 0 atom stereocenters. The van der Waals surface area contributed by atoms with Crippen LogP contribution in [0.1, 0.15) is 0 Å². The molecule has 2 rings (SSSR count). The van der Waals surface area contributed by atoms with Gasteiger partial charge in [0.05, 0.1) is 21.2 Å². The predicted molar refractivity (Wildman–Crippen MR) is 78.3 cm³/mol. The van der Waals surface area contributed by atoms with E-state index in [1.807, 2.05) is 0 Å². The molecule has 0 heterocycles. The molecule has 2 aromatic rings. The Morgan fingerprint density at radius 1 is 1.05 bits per heavy atom. The van der Waals surface area contributed by atoms with Crippen LogP contribution in [0.5, 0.6) is 0 Å². The van der Waals surface area contributed by atoms with Crippen molar-refractivity contribution in [3.63, 3.8) is 0 Å². The van der Waals surface area contributed by atoms with Crippen molar-refractivity contribution in [2.45, 2.75) is 9.79 Å². The Balaban J connectivity index is 2.44. The molecule has 0 unspecified atom stereocenters. The van der Waals surface area contributed by atoms with Gasteiger partial charge in [0, 0.05) is 0 Å². The minimum atomic E-state index is -3.60. The first-order chi connectivity index (χ1) is 9.41. The fraction of sp³-hybridized carbons (Fsp3) is 0. The summed E-state index contributed by atoms with van der Waals surface area (Å²) in [6.45, 7) is 0. The van der Waals surface area contributed by atoms with Gasteiger partial charge in [-0.15, -0.1) is 0 Å². The first-order valence-corrected chi connectivity index (χ1v) is 7.20. The zero-order valence-electron chi connectivity index (χ0n) is 10.5. The van der Waals surface area contributed by atoms with Crippen molar-refractivity contribution in [2.75, 3.05) is 11.1 Å². The lowest BCUT2D eigenvalue weighted by molar-refractivity contribution is 0.596. The van der Waals surface area contributed by atoms with Gasteiger partial charge >= 0.3 is 0 Å². The highest BCUT2D eigenvalue weighted by molar-refractivity contribution is 7.91. The van der Waals surface area contributed by atoms with Crippen molar-refractivity contribution in [3.8, 4) is 0 Å². The second kappa shape index (κ2) is 5.22. The van der Waals surface area contributed by atoms with Crippen molar-refractivity contribution in [1.29, 1.82) is 5.41 Å². The Morgan fingerprint density at radius 3 is 2.25 bits per heavy atom. The molecule has 0 amide bonds. The van der Waals surface area contributed by atoms with Crippen LogP contribution in [0.2, 0.25) is 0 Å². The third kappa shape index (κ3) is 2.72. The Kier molecular flexibility index (Phi) is 3.62. The monoisotopic (exact) mass is 290 g/mol. The smallest absolute Gasteiger partial charge is 0.206 e. The van der Waals surface area contributed by atoms with Crippen LogP contribution in [-0.2, 0) is 9.84 Å². The molecule has 6 nitrogen and oxygen atoms in total. The van der Waals surface area contributed by atoms with Gasteiger partial charge in [-0.1, -0.05) is 18.2 Å². The summed E-state index contributed by atoms with van der Waals surface area (Å²) in [5.41, 5.74) is 11.6. The van der Waals surface area contributed by atoms with E-state index in [0.29, 0.717) is 5.69 Å². The number of nitrogens with two attached hydrogens (primary N) is 2. The Bertz CT molecular complexity index is 742. The van der Waals surface area contributed by atoms with Crippen molar-refractivity contribution in [2.24, 2.45) is 5.73 Å². The van der Waals surface area contributed by atoms with Gasteiger partial charge < -0.3 is 16.8 Å². The molecule has 0 radical (unpaired) electrons. The fourth-order valence-electron chi connectivity index (χ4n) is 1.70. The highest BCUT2D eigenvalue weighted by Gasteiger charge is 2.18. The largest absolute Gasteiger partial charge is 0.397 e. The van der Waals surface area contributed by atoms with Crippen LogP contribution in [0, 0.1) is 5.41 Å². The molecule has 2 aromatic carbocycles. The molecule has 104 valence electrons. The van der Waals surface area contributed by atoms with Gasteiger partial charge in [-0.3, -0.25) is 5.41 Å². The highest BCUT2D eigenvalue weighted by Crippen LogP contribution is 2.26. The minimum absolute atomic E-state index is 0.0929. The summed E-state index contributed by atoms with van der Waals surface area (Å²) in [5.74, 6) is -0.268. The van der Waals surface area contributed by atoms with Gasteiger partial charge in [0.1, 0.15) is 0 Å². The van der Waals surface area contributed by atoms with Crippen LogP contribution in [0.25, 0.3) is 0 Å². The average molecular weight is 290 g/mol. The van der Waals surface area contributed by atoms with Crippen molar-refractivity contribution >= 4 is 27.2 Å². The molecule has 0 saturated carbocycles. The van der Waals surface area contributed by atoms with Gasteiger partial charge in [-0.05, 0) is 30.3 Å². The number of guanidine groups is 1. The van der Waals surface area contributed by atoms with E-state index in [0.717, 1.165) is 0 Å². The molecular weight excluding hydrogens is 276 g/mol. The first-order valence-electron chi connectivity index (χ1n) is 5.72. The number of sulfone groups is 1. The Morgan fingerprint density at radius 2 is 1.70 bits per heavy atom. The van der Waals surface area contributed by atoms with Crippen LogP contribution in [0.15, 0.2) is 58.3 Å². The molecule has 0 spiro atoms. The predicted octanol–water partition coefficient (Wildman–Crippen LogP) is 1.41. The number of hydrogen-bond donors (Lipinski definition) is 4. The molecule has 0 bridgehead atoms. The topological polar surface area (TPSA) is 122 Å². The summed E-state index contributed by atoms with van der Waals surface area (Å²) in [6, 6.07) is 12.3. The Hall–Kier alpha value is -2.54. The molecule has 0 aliphatic heterocycles. The zero-order chi connectivity index (χ0) is 14.8. The third-order valence-corrected chi connectivity index (χ3v) is 4.42. The number of benzene rings is 2. The normalized spacial score (nSPS) is 11.0. The molecule has 0 saturated heterocycles. The zero-order valence-corrected chi connectivity index (χ0v) is 11.3. The van der Waals surface area contributed by atoms with Gasteiger partial charge in [0.2, 0.25) is 9.84 Å². The molecular formula is C13H14N4O2S. The van der Waals surface area contributed by atoms with Crippen LogP contribution < -0.4 is 16.8 Å². The SMILES string of the molecule is N=C(N)Nc1ccc(S(=O)(=O)c2ccccc2)cc1N. The van der Waals surface area contributed by atoms with E-state index in [4.69, 9.17) is 16.9 Å². The van der Waals surface area contributed by atoms with Gasteiger partial charge in [0.25, 0.3) is 0 Å². The molecule has 0 aliphatic carbocycles. The Labute approximate surface area is 116 Å². The van der Waals surface area contributed by atoms with Crippen molar-refractivity contribution < 1.29 is 8.42 Å². The number of nitrogens with one attached hydrogen (secondary N) is 2.